The van der Waals surface area contributed by atoms with Gasteiger partial charge >= 0.3 is 5.69 Å². The van der Waals surface area contributed by atoms with Crippen LogP contribution in [0.2, 0.25) is 5.02 Å². The van der Waals surface area contributed by atoms with E-state index in [4.69, 9.17) is 21.8 Å². The van der Waals surface area contributed by atoms with E-state index in [0.717, 1.165) is 31.0 Å². The van der Waals surface area contributed by atoms with E-state index in [2.05, 4.69) is 10.2 Å². The standard InChI is InChI=1S/C19H16ClN5O4S2/c1-8(13(26)11-15(21)24(2)19(28)25(3)17(11)27)30-18-23-22-16(29-18)14-12(20)9-6-4-5-7-10(9)31-14/h4-8H,21H2,1-3H3. The number of aromatic nitrogens is 4. The van der Waals surface area contributed by atoms with Crippen LogP contribution in [0.5, 0.6) is 0 Å². The fourth-order valence-corrected chi connectivity index (χ4v) is 5.18. The van der Waals surface area contributed by atoms with Crippen LogP contribution in [0.25, 0.3) is 20.9 Å². The predicted molar refractivity (Wildman–Crippen MR) is 121 cm³/mol. The van der Waals surface area contributed by atoms with Crippen molar-refractivity contribution in [2.75, 3.05) is 5.73 Å². The summed E-state index contributed by atoms with van der Waals surface area (Å²) < 4.78 is 8.59. The van der Waals surface area contributed by atoms with Gasteiger partial charge in [-0.1, -0.05) is 41.6 Å². The van der Waals surface area contributed by atoms with Gasteiger partial charge in [0, 0.05) is 24.2 Å². The number of thiophene rings is 1. The third kappa shape index (κ3) is 3.58. The lowest BCUT2D eigenvalue weighted by molar-refractivity contribution is 0.0991. The number of carbonyl (C=O) groups is 1. The molecular weight excluding hydrogens is 462 g/mol. The number of carbonyl (C=O) groups excluding carboxylic acids is 1. The highest BCUT2D eigenvalue weighted by Crippen LogP contribution is 2.42. The highest BCUT2D eigenvalue weighted by molar-refractivity contribution is 8.00. The van der Waals surface area contributed by atoms with Crippen LogP contribution in [-0.2, 0) is 14.1 Å². The van der Waals surface area contributed by atoms with Gasteiger partial charge < -0.3 is 10.2 Å². The number of nitrogens with zero attached hydrogens (tertiary/aromatic N) is 4. The van der Waals surface area contributed by atoms with Crippen molar-refractivity contribution in [1.29, 1.82) is 0 Å². The molecule has 0 radical (unpaired) electrons. The molecule has 0 saturated heterocycles. The van der Waals surface area contributed by atoms with Gasteiger partial charge in [0.25, 0.3) is 16.7 Å². The van der Waals surface area contributed by atoms with E-state index in [9.17, 15) is 14.4 Å². The molecule has 0 amide bonds. The molecule has 0 spiro atoms. The Kier molecular flexibility index (Phi) is 5.50. The first-order valence-corrected chi connectivity index (χ1v) is 11.0. The monoisotopic (exact) mass is 477 g/mol. The van der Waals surface area contributed by atoms with Crippen molar-refractivity contribution in [2.45, 2.75) is 17.4 Å². The van der Waals surface area contributed by atoms with Crippen molar-refractivity contribution >= 4 is 56.4 Å². The number of ketones is 1. The smallest absolute Gasteiger partial charge is 0.332 e. The first-order valence-electron chi connectivity index (χ1n) is 8.98. The number of nitrogens with two attached hydrogens (primary N) is 1. The van der Waals surface area contributed by atoms with Gasteiger partial charge in [-0.05, 0) is 13.0 Å². The maximum Gasteiger partial charge on any atom is 0.332 e. The molecule has 0 aliphatic heterocycles. The van der Waals surface area contributed by atoms with Crippen LogP contribution in [0.3, 0.4) is 0 Å². The summed E-state index contributed by atoms with van der Waals surface area (Å²) in [6.45, 7) is 1.59. The van der Waals surface area contributed by atoms with Gasteiger partial charge in [0.2, 0.25) is 0 Å². The third-order valence-electron chi connectivity index (χ3n) is 4.74. The minimum Gasteiger partial charge on any atom is -0.410 e. The molecule has 0 aliphatic rings. The molecule has 12 heteroatoms. The minimum atomic E-state index is -0.765. The molecule has 31 heavy (non-hydrogen) atoms. The average molecular weight is 478 g/mol. The molecule has 0 aliphatic carbocycles. The van der Waals surface area contributed by atoms with E-state index in [0.29, 0.717) is 9.90 Å². The van der Waals surface area contributed by atoms with Crippen LogP contribution in [0, 0.1) is 0 Å². The van der Waals surface area contributed by atoms with E-state index in [-0.39, 0.29) is 22.5 Å². The number of fused-ring (bicyclic) bond motifs is 1. The number of halogens is 1. The lowest BCUT2D eigenvalue weighted by Gasteiger charge is -2.13. The Labute approximate surface area is 188 Å². The number of nitrogen functional groups attached to an aromatic ring is 1. The molecule has 4 rings (SSSR count). The zero-order valence-corrected chi connectivity index (χ0v) is 19.0. The maximum atomic E-state index is 12.9. The average Bonchev–Trinajstić information content (AvgIpc) is 3.35. The number of Topliss-reactive ketones (excluding diaryl/α,β-unsaturated/α-hetero) is 1. The zero-order valence-electron chi connectivity index (χ0n) is 16.6. The molecule has 9 nitrogen and oxygen atoms in total. The normalized spacial score (nSPS) is 12.4. The van der Waals surface area contributed by atoms with Gasteiger partial charge in [0.15, 0.2) is 5.78 Å². The lowest BCUT2D eigenvalue weighted by atomic mass is 10.1. The Bertz CT molecular complexity index is 1450. The number of thioether (sulfide) groups is 1. The first kappa shape index (κ1) is 21.3. The maximum absolute atomic E-state index is 12.9. The second-order valence-corrected chi connectivity index (χ2v) is 9.43. The molecule has 1 unspecified atom stereocenters. The Hall–Kier alpha value is -2.89. The van der Waals surface area contributed by atoms with Gasteiger partial charge in [-0.3, -0.25) is 18.7 Å². The highest BCUT2D eigenvalue weighted by Gasteiger charge is 2.27. The molecule has 1 aromatic carbocycles. The van der Waals surface area contributed by atoms with Crippen molar-refractivity contribution in [3.63, 3.8) is 0 Å². The van der Waals surface area contributed by atoms with E-state index in [1.54, 1.807) is 6.92 Å². The van der Waals surface area contributed by atoms with Crippen LogP contribution in [-0.4, -0.2) is 30.4 Å². The van der Waals surface area contributed by atoms with Crippen molar-refractivity contribution in [2.24, 2.45) is 14.1 Å². The molecule has 2 N–H and O–H groups in total. The quantitative estimate of drug-likeness (QED) is 0.343. The third-order valence-corrected chi connectivity index (χ3v) is 7.34. The van der Waals surface area contributed by atoms with Crippen molar-refractivity contribution < 1.29 is 9.21 Å². The second-order valence-electron chi connectivity index (χ2n) is 6.70. The molecule has 160 valence electrons. The Morgan fingerprint density at radius 1 is 1.23 bits per heavy atom. The molecule has 0 bridgehead atoms. The summed E-state index contributed by atoms with van der Waals surface area (Å²) >= 11 is 8.87. The first-order chi connectivity index (χ1) is 14.7. The molecule has 3 heterocycles. The lowest BCUT2D eigenvalue weighted by Crippen LogP contribution is -2.42. The summed E-state index contributed by atoms with van der Waals surface area (Å²) in [5.74, 6) is -0.488. The number of benzene rings is 1. The topological polar surface area (TPSA) is 126 Å². The second kappa shape index (κ2) is 7.98. The predicted octanol–water partition coefficient (Wildman–Crippen LogP) is 2.95. The largest absolute Gasteiger partial charge is 0.410 e. The van der Waals surface area contributed by atoms with E-state index in [1.807, 2.05) is 24.3 Å². The van der Waals surface area contributed by atoms with Crippen molar-refractivity contribution in [3.8, 4) is 10.8 Å². The van der Waals surface area contributed by atoms with E-state index >= 15 is 0 Å². The van der Waals surface area contributed by atoms with Crippen LogP contribution in [0.1, 0.15) is 17.3 Å². The fraction of sp³-hybridized carbons (Fsp3) is 0.211. The van der Waals surface area contributed by atoms with Crippen LogP contribution < -0.4 is 17.0 Å². The molecule has 1 atom stereocenters. The van der Waals surface area contributed by atoms with Gasteiger partial charge in [-0.15, -0.1) is 21.5 Å². The summed E-state index contributed by atoms with van der Waals surface area (Å²) in [6, 6.07) is 7.65. The SMILES string of the molecule is CC(Sc1nnc(-c2sc3ccccc3c2Cl)o1)C(=O)c1c(N)n(C)c(=O)n(C)c1=O. The molecule has 0 saturated carbocycles. The summed E-state index contributed by atoms with van der Waals surface area (Å²) in [5, 5.41) is 8.82. The fourth-order valence-electron chi connectivity index (χ4n) is 3.00. The number of hydrogen-bond donors (Lipinski definition) is 1. The van der Waals surface area contributed by atoms with Gasteiger partial charge in [-0.25, -0.2) is 4.79 Å². The number of rotatable bonds is 5. The molecule has 0 fully saturated rings. The molecule has 4 aromatic rings. The highest BCUT2D eigenvalue weighted by atomic mass is 35.5. The Balaban J connectivity index is 1.62. The minimum absolute atomic E-state index is 0.143. The zero-order chi connectivity index (χ0) is 22.4. The summed E-state index contributed by atoms with van der Waals surface area (Å²) in [6.07, 6.45) is 0. The molecular formula is C19H16ClN5O4S2. The number of anilines is 1. The van der Waals surface area contributed by atoms with E-state index < -0.39 is 22.3 Å². The summed E-state index contributed by atoms with van der Waals surface area (Å²) in [5.41, 5.74) is 4.26. The van der Waals surface area contributed by atoms with Crippen LogP contribution in [0.15, 0.2) is 43.5 Å². The molecule has 3 aromatic heterocycles. The van der Waals surface area contributed by atoms with E-state index in [1.165, 1.54) is 25.4 Å². The Morgan fingerprint density at radius 2 is 1.94 bits per heavy atom. The van der Waals surface area contributed by atoms with Gasteiger partial charge in [0.1, 0.15) is 16.3 Å². The van der Waals surface area contributed by atoms with Gasteiger partial charge in [-0.2, -0.15) is 0 Å². The summed E-state index contributed by atoms with van der Waals surface area (Å²) in [4.78, 5) is 38.0. The number of hydrogen-bond acceptors (Lipinski definition) is 9. The van der Waals surface area contributed by atoms with Crippen molar-refractivity contribution in [1.82, 2.24) is 19.3 Å². The van der Waals surface area contributed by atoms with Crippen molar-refractivity contribution in [3.05, 3.63) is 55.7 Å². The van der Waals surface area contributed by atoms with Crippen LogP contribution in [0.4, 0.5) is 5.82 Å². The summed E-state index contributed by atoms with van der Waals surface area (Å²) in [7, 11) is 2.68. The van der Waals surface area contributed by atoms with Crippen LogP contribution >= 0.6 is 34.7 Å². The Morgan fingerprint density at radius 3 is 2.65 bits per heavy atom. The van der Waals surface area contributed by atoms with Gasteiger partial charge in [0.05, 0.1) is 10.3 Å².